The van der Waals surface area contributed by atoms with Gasteiger partial charge >= 0.3 is 0 Å². The fraction of sp³-hybridized carbons (Fsp3) is 0.520. The Kier molecular flexibility index (Phi) is 6.60. The molecule has 0 radical (unpaired) electrons. The smallest absolute Gasteiger partial charge is 0.198 e. The molecular weight excluding hydrogens is 451 g/mol. The summed E-state index contributed by atoms with van der Waals surface area (Å²) in [6, 6.07) is 2.21. The van der Waals surface area contributed by atoms with Gasteiger partial charge in [-0.3, -0.25) is 9.59 Å². The summed E-state index contributed by atoms with van der Waals surface area (Å²) in [7, 11) is 0. The van der Waals surface area contributed by atoms with Crippen molar-refractivity contribution in [2.45, 2.75) is 81.8 Å². The number of fused-ring (bicyclic) bond motifs is 2. The minimum atomic E-state index is -1.79. The van der Waals surface area contributed by atoms with E-state index in [1.54, 1.807) is 13.8 Å². The molecule has 1 aromatic carbocycles. The minimum absolute atomic E-state index is 0.00189. The minimum Gasteiger partial charge on any atom is -0.508 e. The van der Waals surface area contributed by atoms with Gasteiger partial charge in [-0.05, 0) is 59.9 Å². The van der Waals surface area contributed by atoms with Gasteiger partial charge in [-0.2, -0.15) is 0 Å². The number of phenols is 2. The molecular formula is C25H30Cl2O5. The van der Waals surface area contributed by atoms with Gasteiger partial charge in [0.15, 0.2) is 17.2 Å². The van der Waals surface area contributed by atoms with Crippen molar-refractivity contribution in [3.8, 4) is 11.5 Å². The Labute approximate surface area is 199 Å². The van der Waals surface area contributed by atoms with Crippen LogP contribution >= 0.6 is 23.2 Å². The first-order valence-electron chi connectivity index (χ1n) is 10.7. The molecule has 3 rings (SSSR count). The van der Waals surface area contributed by atoms with E-state index in [0.717, 1.165) is 24.5 Å². The van der Waals surface area contributed by atoms with Crippen molar-refractivity contribution in [1.82, 2.24) is 0 Å². The number of carbonyl (C=O) groups excluding carboxylic acids is 2. The lowest BCUT2D eigenvalue weighted by atomic mass is 9.63. The van der Waals surface area contributed by atoms with E-state index in [0.29, 0.717) is 0 Å². The van der Waals surface area contributed by atoms with Crippen LogP contribution in [0.2, 0.25) is 0 Å². The average Bonchev–Trinajstić information content (AvgIpc) is 2.67. The normalized spacial score (nSPS) is 29.3. The van der Waals surface area contributed by atoms with Crippen LogP contribution in [0.15, 0.2) is 35.4 Å². The van der Waals surface area contributed by atoms with Crippen molar-refractivity contribution in [3.05, 3.63) is 46.6 Å². The maximum absolute atomic E-state index is 13.9. The van der Waals surface area contributed by atoms with Gasteiger partial charge in [0.1, 0.15) is 16.4 Å². The van der Waals surface area contributed by atoms with E-state index in [9.17, 15) is 19.8 Å². The summed E-state index contributed by atoms with van der Waals surface area (Å²) in [5, 5.41) is 19.7. The molecule has 1 aliphatic carbocycles. The van der Waals surface area contributed by atoms with Crippen molar-refractivity contribution >= 4 is 34.8 Å². The second kappa shape index (κ2) is 8.51. The van der Waals surface area contributed by atoms with Gasteiger partial charge in [0, 0.05) is 18.1 Å². The third kappa shape index (κ3) is 4.00. The summed E-state index contributed by atoms with van der Waals surface area (Å²) in [4.78, 5) is 25.7. The number of Topliss-reactive ketones (excluding diaryl/α,β-unsaturated/α-hetero) is 2. The zero-order valence-electron chi connectivity index (χ0n) is 19.1. The molecule has 1 heterocycles. The van der Waals surface area contributed by atoms with Crippen molar-refractivity contribution in [1.29, 1.82) is 0 Å². The van der Waals surface area contributed by atoms with E-state index >= 15 is 0 Å². The first-order valence-corrected chi connectivity index (χ1v) is 11.5. The van der Waals surface area contributed by atoms with Crippen LogP contribution in [0.1, 0.15) is 81.0 Å². The standard InChI is InChI=1S/C25H30Cl2O5/c1-14(2)7-6-8-15(3)9-10-25-21(30)17-11-16(28)12-18(29)20(17)22(31)24(25,27)13-19(26)23(4,5)32-25/h7,9,11-12,19,28-29H,6,8,10,13H2,1-5H3/b15-9-/t19-,24+,25+/m1/s1. The van der Waals surface area contributed by atoms with Crippen molar-refractivity contribution < 1.29 is 24.5 Å². The number of allylic oxidation sites excluding steroid dienone is 3. The third-order valence-electron chi connectivity index (χ3n) is 6.42. The van der Waals surface area contributed by atoms with Crippen LogP contribution in [-0.2, 0) is 4.74 Å². The summed E-state index contributed by atoms with van der Waals surface area (Å²) in [5.41, 5.74) is -0.680. The molecule has 174 valence electrons. The molecule has 32 heavy (non-hydrogen) atoms. The summed E-state index contributed by atoms with van der Waals surface area (Å²) >= 11 is 13.5. The molecule has 7 heteroatoms. The molecule has 1 aliphatic heterocycles. The summed E-state index contributed by atoms with van der Waals surface area (Å²) in [6.07, 6.45) is 5.74. The lowest BCUT2D eigenvalue weighted by Gasteiger charge is -2.56. The van der Waals surface area contributed by atoms with Gasteiger partial charge in [-0.15, -0.1) is 23.2 Å². The molecule has 0 unspecified atom stereocenters. The topological polar surface area (TPSA) is 83.8 Å². The van der Waals surface area contributed by atoms with E-state index in [2.05, 4.69) is 6.08 Å². The maximum atomic E-state index is 13.9. The fourth-order valence-electron chi connectivity index (χ4n) is 4.50. The molecule has 0 spiro atoms. The maximum Gasteiger partial charge on any atom is 0.198 e. The second-order valence-corrected chi connectivity index (χ2v) is 10.8. The van der Waals surface area contributed by atoms with Gasteiger partial charge < -0.3 is 14.9 Å². The van der Waals surface area contributed by atoms with Crippen molar-refractivity contribution in [2.24, 2.45) is 0 Å². The highest BCUT2D eigenvalue weighted by Gasteiger charge is 2.70. The molecule has 2 aliphatic rings. The number of hydrogen-bond donors (Lipinski definition) is 2. The highest BCUT2D eigenvalue weighted by Crippen LogP contribution is 2.56. The monoisotopic (exact) mass is 480 g/mol. The number of alkyl halides is 2. The predicted molar refractivity (Wildman–Crippen MR) is 126 cm³/mol. The van der Waals surface area contributed by atoms with E-state index < -0.39 is 38.8 Å². The first-order chi connectivity index (χ1) is 14.7. The van der Waals surface area contributed by atoms with Crippen LogP contribution in [0.4, 0.5) is 0 Å². The van der Waals surface area contributed by atoms with Gasteiger partial charge in [0.25, 0.3) is 0 Å². The fourth-order valence-corrected chi connectivity index (χ4v) is 5.31. The first kappa shape index (κ1) is 24.8. The van der Waals surface area contributed by atoms with E-state index in [4.69, 9.17) is 27.9 Å². The lowest BCUT2D eigenvalue weighted by Crippen LogP contribution is -2.72. The molecule has 0 bridgehead atoms. The molecule has 0 aromatic heterocycles. The number of phenolic OH excluding ortho intramolecular Hbond substituents is 2. The molecule has 3 atom stereocenters. The van der Waals surface area contributed by atoms with Crippen LogP contribution in [0.25, 0.3) is 0 Å². The number of aromatic hydroxyl groups is 2. The number of rotatable bonds is 5. The van der Waals surface area contributed by atoms with E-state index in [1.165, 1.54) is 11.6 Å². The lowest BCUT2D eigenvalue weighted by molar-refractivity contribution is -0.157. The molecule has 2 N–H and O–H groups in total. The van der Waals surface area contributed by atoms with Crippen LogP contribution in [0.5, 0.6) is 11.5 Å². The number of ketones is 2. The van der Waals surface area contributed by atoms with E-state index in [1.807, 2.05) is 26.8 Å². The second-order valence-electron chi connectivity index (χ2n) is 9.63. The molecule has 1 saturated heterocycles. The summed E-state index contributed by atoms with van der Waals surface area (Å²) in [6.45, 7) is 9.57. The van der Waals surface area contributed by atoms with Gasteiger partial charge in [0.2, 0.25) is 0 Å². The Hall–Kier alpha value is -1.82. The van der Waals surface area contributed by atoms with Crippen LogP contribution in [0.3, 0.4) is 0 Å². The number of ether oxygens (including phenoxy) is 1. The van der Waals surface area contributed by atoms with Crippen molar-refractivity contribution in [3.63, 3.8) is 0 Å². The Morgan fingerprint density at radius 2 is 1.81 bits per heavy atom. The van der Waals surface area contributed by atoms with E-state index in [-0.39, 0.29) is 29.7 Å². The van der Waals surface area contributed by atoms with Crippen LogP contribution in [-0.4, -0.2) is 43.2 Å². The highest BCUT2D eigenvalue weighted by atomic mass is 35.5. The Morgan fingerprint density at radius 3 is 2.44 bits per heavy atom. The zero-order chi connectivity index (χ0) is 24.1. The quantitative estimate of drug-likeness (QED) is 0.393. The van der Waals surface area contributed by atoms with Crippen molar-refractivity contribution in [2.75, 3.05) is 0 Å². The molecule has 0 amide bonds. The highest BCUT2D eigenvalue weighted by molar-refractivity contribution is 6.45. The van der Waals surface area contributed by atoms with Crippen LogP contribution < -0.4 is 0 Å². The number of benzene rings is 1. The average molecular weight is 481 g/mol. The largest absolute Gasteiger partial charge is 0.508 e. The Balaban J connectivity index is 2.14. The predicted octanol–water partition coefficient (Wildman–Crippen LogP) is 6.08. The zero-order valence-corrected chi connectivity index (χ0v) is 20.6. The SMILES string of the molecule is CC(C)=CCC/C(C)=C\C[C@@]12OC(C)(C)[C@H](Cl)C[C@]1(Cl)C(=O)c1c(O)cc(O)cc1C2=O. The van der Waals surface area contributed by atoms with Gasteiger partial charge in [0.05, 0.1) is 16.5 Å². The Bertz CT molecular complexity index is 1020. The Morgan fingerprint density at radius 1 is 1.16 bits per heavy atom. The third-order valence-corrected chi connectivity index (χ3v) is 7.73. The number of halogens is 2. The number of carbonyl (C=O) groups is 2. The van der Waals surface area contributed by atoms with Crippen LogP contribution in [0, 0.1) is 0 Å². The molecule has 1 aromatic rings. The summed E-state index contributed by atoms with van der Waals surface area (Å²) < 4.78 is 6.34. The van der Waals surface area contributed by atoms with Gasteiger partial charge in [-0.25, -0.2) is 0 Å². The molecule has 0 saturated carbocycles. The summed E-state index contributed by atoms with van der Waals surface area (Å²) in [5.74, 6) is -1.98. The van der Waals surface area contributed by atoms with Gasteiger partial charge in [-0.1, -0.05) is 23.3 Å². The molecule has 1 fully saturated rings. The molecule has 5 nitrogen and oxygen atoms in total. The number of hydrogen-bond acceptors (Lipinski definition) is 5.